The molecule has 9 heteroatoms. The number of carbonyl (C=O) groups is 1. The molecule has 0 unspecified atom stereocenters. The molecule has 1 aromatic heterocycles. The van der Waals surface area contributed by atoms with E-state index in [0.29, 0.717) is 18.4 Å². The van der Waals surface area contributed by atoms with E-state index in [9.17, 15) is 4.79 Å². The SMILES string of the molecule is Cl.Cl.O=C(C1CC1)N1CCC(Oc2ccc(-c3ccc4cccnc4c3OCCN3CCOCC3)cc2)CC1. The average Bonchev–Trinajstić information content (AvgIpc) is 3.80. The van der Waals surface area contributed by atoms with E-state index < -0.39 is 0 Å². The molecule has 0 spiro atoms. The van der Waals surface area contributed by atoms with Gasteiger partial charge in [-0.2, -0.15) is 0 Å². The number of hydrogen-bond acceptors (Lipinski definition) is 6. The second-order valence-corrected chi connectivity index (χ2v) is 10.3. The van der Waals surface area contributed by atoms with Crippen LogP contribution in [0.3, 0.4) is 0 Å². The Bertz CT molecular complexity index is 1220. The first-order chi connectivity index (χ1) is 18.2. The number of ether oxygens (including phenoxy) is 3. The lowest BCUT2D eigenvalue weighted by Crippen LogP contribution is -2.42. The van der Waals surface area contributed by atoms with Gasteiger partial charge in [0.25, 0.3) is 0 Å². The number of aromatic nitrogens is 1. The number of amides is 1. The first-order valence-corrected chi connectivity index (χ1v) is 13.6. The maximum atomic E-state index is 12.3. The van der Waals surface area contributed by atoms with Crippen LogP contribution in [0.2, 0.25) is 0 Å². The number of benzene rings is 2. The zero-order valence-corrected chi connectivity index (χ0v) is 23.8. The van der Waals surface area contributed by atoms with Crippen LogP contribution in [0.15, 0.2) is 54.7 Å². The first kappa shape index (κ1) is 29.4. The summed E-state index contributed by atoms with van der Waals surface area (Å²) in [6.07, 6.45) is 5.87. The van der Waals surface area contributed by atoms with Crippen molar-refractivity contribution in [3.63, 3.8) is 0 Å². The summed E-state index contributed by atoms with van der Waals surface area (Å²) in [5.41, 5.74) is 2.99. The highest BCUT2D eigenvalue weighted by molar-refractivity contribution is 5.92. The molecular weight excluding hydrogens is 537 g/mol. The van der Waals surface area contributed by atoms with Crippen LogP contribution in [0, 0.1) is 5.92 Å². The Morgan fingerprint density at radius 1 is 0.923 bits per heavy atom. The molecule has 39 heavy (non-hydrogen) atoms. The average molecular weight is 575 g/mol. The molecule has 1 saturated carbocycles. The minimum absolute atomic E-state index is 0. The van der Waals surface area contributed by atoms with Crippen LogP contribution in [0.4, 0.5) is 0 Å². The lowest BCUT2D eigenvalue weighted by molar-refractivity contribution is -0.134. The predicted molar refractivity (Wildman–Crippen MR) is 157 cm³/mol. The van der Waals surface area contributed by atoms with Crippen molar-refractivity contribution in [2.45, 2.75) is 31.8 Å². The number of likely N-dealkylation sites (tertiary alicyclic amines) is 1. The number of rotatable bonds is 8. The zero-order valence-electron chi connectivity index (χ0n) is 22.1. The molecule has 7 nitrogen and oxygen atoms in total. The Hall–Kier alpha value is -2.58. The summed E-state index contributed by atoms with van der Waals surface area (Å²) in [7, 11) is 0. The molecule has 2 aliphatic heterocycles. The summed E-state index contributed by atoms with van der Waals surface area (Å²) in [5.74, 6) is 2.33. The summed E-state index contributed by atoms with van der Waals surface area (Å²) in [4.78, 5) is 21.4. The van der Waals surface area contributed by atoms with Gasteiger partial charge in [-0.25, -0.2) is 0 Å². The fourth-order valence-electron chi connectivity index (χ4n) is 5.28. The van der Waals surface area contributed by atoms with Gasteiger partial charge < -0.3 is 19.1 Å². The fraction of sp³-hybridized carbons (Fsp3) is 0.467. The highest BCUT2D eigenvalue weighted by Crippen LogP contribution is 2.37. The molecule has 0 atom stereocenters. The molecule has 2 aromatic carbocycles. The summed E-state index contributed by atoms with van der Waals surface area (Å²) in [6.45, 7) is 6.53. The van der Waals surface area contributed by atoms with Crippen molar-refractivity contribution < 1.29 is 19.0 Å². The number of nitrogens with zero attached hydrogens (tertiary/aromatic N) is 3. The Balaban J connectivity index is 0.00000176. The van der Waals surface area contributed by atoms with E-state index in [1.807, 2.05) is 29.3 Å². The zero-order chi connectivity index (χ0) is 25.0. The molecule has 1 amide bonds. The maximum Gasteiger partial charge on any atom is 0.225 e. The molecule has 210 valence electrons. The summed E-state index contributed by atoms with van der Waals surface area (Å²) >= 11 is 0. The Morgan fingerprint density at radius 3 is 2.38 bits per heavy atom. The number of fused-ring (bicyclic) bond motifs is 1. The molecule has 3 fully saturated rings. The number of halogens is 2. The fourth-order valence-corrected chi connectivity index (χ4v) is 5.28. The monoisotopic (exact) mass is 573 g/mol. The highest BCUT2D eigenvalue weighted by Gasteiger charge is 2.35. The Kier molecular flexibility index (Phi) is 10.3. The third-order valence-electron chi connectivity index (χ3n) is 7.63. The van der Waals surface area contributed by atoms with E-state index in [2.05, 4.69) is 40.2 Å². The highest BCUT2D eigenvalue weighted by atomic mass is 35.5. The van der Waals surface area contributed by atoms with Crippen molar-refractivity contribution in [1.29, 1.82) is 0 Å². The van der Waals surface area contributed by atoms with Crippen LogP contribution in [-0.4, -0.2) is 79.3 Å². The normalized spacial score (nSPS) is 18.2. The van der Waals surface area contributed by atoms with E-state index in [4.69, 9.17) is 14.2 Å². The Morgan fingerprint density at radius 2 is 1.67 bits per heavy atom. The molecule has 0 bridgehead atoms. The van der Waals surface area contributed by atoms with Gasteiger partial charge in [-0.05, 0) is 42.7 Å². The van der Waals surface area contributed by atoms with Gasteiger partial charge in [0.15, 0.2) is 5.75 Å². The van der Waals surface area contributed by atoms with E-state index in [1.54, 1.807) is 0 Å². The van der Waals surface area contributed by atoms with Gasteiger partial charge in [0, 0.05) is 68.6 Å². The third kappa shape index (κ3) is 7.14. The molecule has 6 rings (SSSR count). The standard InChI is InChI=1S/C30H35N3O4.2ClH/c34-30(24-3-4-24)33-14-11-26(12-15-33)37-25-8-5-22(6-9-25)27-10-7-23-2-1-13-31-28(23)29(27)36-21-18-32-16-19-35-20-17-32;;/h1-2,5-10,13,24,26H,3-4,11-12,14-21H2;2*1H. The second kappa shape index (κ2) is 13.7. The third-order valence-corrected chi connectivity index (χ3v) is 7.63. The van der Waals surface area contributed by atoms with Gasteiger partial charge in [0.05, 0.1) is 13.2 Å². The number of pyridine rings is 1. The van der Waals surface area contributed by atoms with Crippen molar-refractivity contribution in [3.05, 3.63) is 54.7 Å². The predicted octanol–water partition coefficient (Wildman–Crippen LogP) is 5.24. The van der Waals surface area contributed by atoms with Gasteiger partial charge in [0.1, 0.15) is 24.0 Å². The van der Waals surface area contributed by atoms with Crippen LogP contribution in [0.5, 0.6) is 11.5 Å². The number of carbonyl (C=O) groups excluding carboxylic acids is 1. The van der Waals surface area contributed by atoms with Crippen LogP contribution < -0.4 is 9.47 Å². The van der Waals surface area contributed by atoms with Gasteiger partial charge in [-0.1, -0.05) is 24.3 Å². The molecular formula is C30H37Cl2N3O4. The lowest BCUT2D eigenvalue weighted by Gasteiger charge is -2.32. The molecule has 2 saturated heterocycles. The minimum Gasteiger partial charge on any atom is -0.490 e. The van der Waals surface area contributed by atoms with Gasteiger partial charge in [-0.3, -0.25) is 14.7 Å². The van der Waals surface area contributed by atoms with Crippen molar-refractivity contribution in [1.82, 2.24) is 14.8 Å². The van der Waals surface area contributed by atoms with Crippen molar-refractivity contribution in [3.8, 4) is 22.6 Å². The largest absolute Gasteiger partial charge is 0.490 e. The topological polar surface area (TPSA) is 64.1 Å². The smallest absolute Gasteiger partial charge is 0.225 e. The number of morpholine rings is 1. The number of piperidine rings is 1. The summed E-state index contributed by atoms with van der Waals surface area (Å²) in [5, 5.41) is 1.07. The van der Waals surface area contributed by atoms with E-state index in [1.165, 1.54) is 0 Å². The number of hydrogen-bond donors (Lipinski definition) is 0. The molecule has 3 aliphatic rings. The van der Waals surface area contributed by atoms with Crippen LogP contribution >= 0.6 is 24.8 Å². The Labute approximate surface area is 242 Å². The van der Waals surface area contributed by atoms with Crippen LogP contribution in [-0.2, 0) is 9.53 Å². The summed E-state index contributed by atoms with van der Waals surface area (Å²) in [6, 6.07) is 16.5. The van der Waals surface area contributed by atoms with E-state index in [-0.39, 0.29) is 30.9 Å². The van der Waals surface area contributed by atoms with E-state index >= 15 is 0 Å². The molecule has 0 radical (unpaired) electrons. The van der Waals surface area contributed by atoms with Crippen LogP contribution in [0.25, 0.3) is 22.0 Å². The van der Waals surface area contributed by atoms with Gasteiger partial charge in [0.2, 0.25) is 5.91 Å². The molecule has 3 aromatic rings. The van der Waals surface area contributed by atoms with Crippen molar-refractivity contribution in [2.24, 2.45) is 5.92 Å². The molecule has 1 aliphatic carbocycles. The van der Waals surface area contributed by atoms with Crippen molar-refractivity contribution >= 4 is 41.6 Å². The van der Waals surface area contributed by atoms with Gasteiger partial charge in [-0.15, -0.1) is 24.8 Å². The van der Waals surface area contributed by atoms with Gasteiger partial charge >= 0.3 is 0 Å². The lowest BCUT2D eigenvalue weighted by atomic mass is 10.0. The minimum atomic E-state index is 0. The quantitative estimate of drug-likeness (QED) is 0.367. The maximum absolute atomic E-state index is 12.3. The van der Waals surface area contributed by atoms with E-state index in [0.717, 1.165) is 105 Å². The summed E-state index contributed by atoms with van der Waals surface area (Å²) < 4.78 is 18.2. The first-order valence-electron chi connectivity index (χ1n) is 13.6. The molecule has 3 heterocycles. The second-order valence-electron chi connectivity index (χ2n) is 10.3. The van der Waals surface area contributed by atoms with Crippen molar-refractivity contribution in [2.75, 3.05) is 52.5 Å². The molecule has 0 N–H and O–H groups in total. The van der Waals surface area contributed by atoms with Crippen LogP contribution in [0.1, 0.15) is 25.7 Å².